The quantitative estimate of drug-likeness (QED) is 0.128. The molecule has 3 aromatic heterocycles. The van der Waals surface area contributed by atoms with Gasteiger partial charge in [-0.1, -0.05) is 45.0 Å². The molecule has 0 spiro atoms. The summed E-state index contributed by atoms with van der Waals surface area (Å²) in [5.41, 5.74) is 4.66. The first-order valence-electron chi connectivity index (χ1n) is 19.7. The van der Waals surface area contributed by atoms with Crippen molar-refractivity contribution in [3.05, 3.63) is 102 Å². The van der Waals surface area contributed by atoms with E-state index in [1.54, 1.807) is 34.2 Å². The van der Waals surface area contributed by atoms with Gasteiger partial charge in [0.1, 0.15) is 29.2 Å². The Morgan fingerprint density at radius 1 is 0.949 bits per heavy atom. The molecule has 5 aromatic rings. The monoisotopic (exact) mass is 804 g/mol. The number of hydrogen-bond acceptors (Lipinski definition) is 9. The van der Waals surface area contributed by atoms with Gasteiger partial charge in [0.25, 0.3) is 11.8 Å². The van der Waals surface area contributed by atoms with Crippen LogP contribution in [-0.4, -0.2) is 104 Å². The molecule has 7 rings (SSSR count). The van der Waals surface area contributed by atoms with Crippen molar-refractivity contribution in [1.29, 1.82) is 0 Å². The number of aromatic amines is 2. The SMILES string of the molecule is COC(=O)N[C@H](C(=O)N1C[C@@H](C)C[C@H]1c1ncc(-c2ccc(-c3cc(F)c(NC(=O)c4ccc(N5CCN(C(=O)c6cnc[nH]6)C[C@H]5C)nc4)cc3C)cc2)[nH]1)C(C)C. The van der Waals surface area contributed by atoms with Crippen LogP contribution in [0.15, 0.2) is 73.4 Å². The normalized spacial score (nSPS) is 18.5. The molecule has 308 valence electrons. The van der Waals surface area contributed by atoms with Gasteiger partial charge < -0.3 is 40.0 Å². The van der Waals surface area contributed by atoms with Gasteiger partial charge in [0.2, 0.25) is 5.91 Å². The van der Waals surface area contributed by atoms with Crippen LogP contribution in [-0.2, 0) is 9.53 Å². The van der Waals surface area contributed by atoms with Crippen LogP contribution in [0.25, 0.3) is 22.4 Å². The molecule has 2 fully saturated rings. The van der Waals surface area contributed by atoms with Crippen molar-refractivity contribution in [2.24, 2.45) is 11.8 Å². The number of amides is 4. The molecule has 0 unspecified atom stereocenters. The number of H-pyrrole nitrogens is 2. The van der Waals surface area contributed by atoms with Gasteiger partial charge >= 0.3 is 6.09 Å². The van der Waals surface area contributed by atoms with Gasteiger partial charge in [0.15, 0.2) is 0 Å². The van der Waals surface area contributed by atoms with Gasteiger partial charge in [-0.25, -0.2) is 24.1 Å². The Morgan fingerprint density at radius 2 is 1.71 bits per heavy atom. The summed E-state index contributed by atoms with van der Waals surface area (Å²) in [5, 5.41) is 5.38. The average Bonchev–Trinajstić information content (AvgIpc) is 4.03. The average molecular weight is 805 g/mol. The number of carbonyl (C=O) groups excluding carboxylic acids is 4. The van der Waals surface area contributed by atoms with Crippen LogP contribution in [0.2, 0.25) is 0 Å². The standard InChI is InChI=1S/C43H49FN10O5/c1-24(2)38(51-43(58)59-6)42(57)54-21-25(3)15-36(54)39-47-20-34(49-39)29-9-7-28(8-10-29)31-17-32(44)33(16-26(31)4)50-40(55)30-11-12-37(46-18-30)53-14-13-52(22-27(53)5)41(56)35-19-45-23-48-35/h7-12,16-20,23-25,27,36,38H,13-15,21-22H2,1-6H3,(H,45,48)(H,47,49)(H,50,55)(H,51,58)/t25-,27+,36-,38-/m0/s1. The fourth-order valence-corrected chi connectivity index (χ4v) is 7.91. The summed E-state index contributed by atoms with van der Waals surface area (Å²) in [6, 6.07) is 13.1. The molecule has 4 N–H and O–H groups in total. The van der Waals surface area contributed by atoms with E-state index in [2.05, 4.69) is 47.4 Å². The minimum atomic E-state index is -0.733. The molecule has 0 saturated carbocycles. The largest absolute Gasteiger partial charge is 0.453 e. The van der Waals surface area contributed by atoms with E-state index in [9.17, 15) is 19.2 Å². The van der Waals surface area contributed by atoms with Gasteiger partial charge in [-0.2, -0.15) is 0 Å². The molecular weight excluding hydrogens is 756 g/mol. The van der Waals surface area contributed by atoms with Crippen LogP contribution in [0.1, 0.15) is 72.4 Å². The van der Waals surface area contributed by atoms with Gasteiger partial charge in [-0.15, -0.1) is 0 Å². The summed E-state index contributed by atoms with van der Waals surface area (Å²) in [4.78, 5) is 76.7. The summed E-state index contributed by atoms with van der Waals surface area (Å²) in [6.07, 6.45) is 6.28. The highest BCUT2D eigenvalue weighted by molar-refractivity contribution is 6.04. The number of piperazine rings is 1. The Morgan fingerprint density at radius 3 is 2.37 bits per heavy atom. The molecule has 5 heterocycles. The predicted molar refractivity (Wildman–Crippen MR) is 220 cm³/mol. The van der Waals surface area contributed by atoms with Crippen LogP contribution >= 0.6 is 0 Å². The predicted octanol–water partition coefficient (Wildman–Crippen LogP) is 6.20. The topological polar surface area (TPSA) is 182 Å². The second-order valence-electron chi connectivity index (χ2n) is 15.7. The number of methoxy groups -OCH3 is 1. The lowest BCUT2D eigenvalue weighted by molar-refractivity contribution is -0.135. The minimum Gasteiger partial charge on any atom is -0.453 e. The van der Waals surface area contributed by atoms with Crippen LogP contribution in [0.4, 0.5) is 20.7 Å². The third-order valence-electron chi connectivity index (χ3n) is 11.1. The number of rotatable bonds is 10. The Labute approximate surface area is 341 Å². The number of hydrogen-bond donors (Lipinski definition) is 4. The van der Waals surface area contributed by atoms with E-state index >= 15 is 4.39 Å². The second-order valence-corrected chi connectivity index (χ2v) is 15.7. The molecule has 59 heavy (non-hydrogen) atoms. The third-order valence-corrected chi connectivity index (χ3v) is 11.1. The number of anilines is 2. The summed E-state index contributed by atoms with van der Waals surface area (Å²) in [6.45, 7) is 11.9. The first-order valence-corrected chi connectivity index (χ1v) is 19.7. The number of alkyl carbamates (subject to hydrolysis) is 1. The number of likely N-dealkylation sites (tertiary alicyclic amines) is 1. The number of nitrogens with one attached hydrogen (secondary N) is 4. The number of carbonyl (C=O) groups is 4. The highest BCUT2D eigenvalue weighted by Crippen LogP contribution is 2.36. The first-order chi connectivity index (χ1) is 28.3. The van der Waals surface area contributed by atoms with E-state index in [-0.39, 0.29) is 47.0 Å². The van der Waals surface area contributed by atoms with E-state index < -0.39 is 23.9 Å². The molecule has 0 aliphatic carbocycles. The van der Waals surface area contributed by atoms with E-state index in [1.165, 1.54) is 31.9 Å². The van der Waals surface area contributed by atoms with Crippen LogP contribution in [0.5, 0.6) is 0 Å². The number of aryl methyl sites for hydroxylation is 1. The van der Waals surface area contributed by atoms with Crippen molar-refractivity contribution < 1.29 is 28.3 Å². The smallest absolute Gasteiger partial charge is 0.407 e. The van der Waals surface area contributed by atoms with Gasteiger partial charge in [0.05, 0.1) is 48.8 Å². The van der Waals surface area contributed by atoms with Crippen LogP contribution in [0.3, 0.4) is 0 Å². The van der Waals surface area contributed by atoms with Crippen molar-refractivity contribution in [3.63, 3.8) is 0 Å². The number of halogens is 1. The Kier molecular flexibility index (Phi) is 11.8. The van der Waals surface area contributed by atoms with Crippen LogP contribution < -0.4 is 15.5 Å². The lowest BCUT2D eigenvalue weighted by Gasteiger charge is -2.40. The lowest BCUT2D eigenvalue weighted by Crippen LogP contribution is -2.54. The van der Waals surface area contributed by atoms with E-state index in [0.29, 0.717) is 49.1 Å². The van der Waals surface area contributed by atoms with Gasteiger partial charge in [0, 0.05) is 38.4 Å². The molecule has 15 nitrogen and oxygen atoms in total. The summed E-state index contributed by atoms with van der Waals surface area (Å²) >= 11 is 0. The van der Waals surface area contributed by atoms with E-state index in [1.807, 2.05) is 52.0 Å². The maximum atomic E-state index is 15.6. The summed E-state index contributed by atoms with van der Waals surface area (Å²) in [7, 11) is 1.27. The zero-order valence-electron chi connectivity index (χ0n) is 34.0. The zero-order valence-corrected chi connectivity index (χ0v) is 34.0. The molecule has 4 atom stereocenters. The Bertz CT molecular complexity index is 2310. The molecule has 2 aromatic carbocycles. The molecule has 2 saturated heterocycles. The lowest BCUT2D eigenvalue weighted by atomic mass is 9.98. The number of pyridine rings is 1. The summed E-state index contributed by atoms with van der Waals surface area (Å²) in [5.74, 6) is 0.0960. The van der Waals surface area contributed by atoms with Crippen molar-refractivity contribution >= 4 is 35.3 Å². The number of aromatic nitrogens is 5. The van der Waals surface area contributed by atoms with E-state index in [0.717, 1.165) is 28.8 Å². The van der Waals surface area contributed by atoms with Crippen molar-refractivity contribution in [3.8, 4) is 22.4 Å². The molecule has 0 radical (unpaired) electrons. The Hall–Kier alpha value is -6.58. The number of benzene rings is 2. The van der Waals surface area contributed by atoms with Crippen molar-refractivity contribution in [2.45, 2.75) is 59.2 Å². The summed E-state index contributed by atoms with van der Waals surface area (Å²) < 4.78 is 20.3. The third kappa shape index (κ3) is 8.66. The molecule has 0 bridgehead atoms. The number of ether oxygens (including phenoxy) is 1. The maximum absolute atomic E-state index is 15.6. The fraction of sp³-hybridized carbons (Fsp3) is 0.372. The fourth-order valence-electron chi connectivity index (χ4n) is 7.91. The second kappa shape index (κ2) is 17.1. The van der Waals surface area contributed by atoms with E-state index in [4.69, 9.17) is 4.74 Å². The van der Waals surface area contributed by atoms with Crippen LogP contribution in [0, 0.1) is 24.6 Å². The molecular formula is C43H49FN10O5. The zero-order chi connectivity index (χ0) is 42.0. The molecule has 2 aliphatic rings. The maximum Gasteiger partial charge on any atom is 0.407 e. The minimum absolute atomic E-state index is 0.00796. The highest BCUT2D eigenvalue weighted by Gasteiger charge is 2.40. The Balaban J connectivity index is 0.983. The number of nitrogens with zero attached hydrogens (tertiary/aromatic N) is 6. The van der Waals surface area contributed by atoms with Gasteiger partial charge in [-0.05, 0) is 78.6 Å². The van der Waals surface area contributed by atoms with Gasteiger partial charge in [-0.3, -0.25) is 14.4 Å². The molecule has 16 heteroatoms. The molecule has 4 amide bonds. The van der Waals surface area contributed by atoms with Crippen molar-refractivity contribution in [1.82, 2.24) is 40.0 Å². The highest BCUT2D eigenvalue weighted by atomic mass is 19.1. The first kappa shape index (κ1) is 40.6. The van der Waals surface area contributed by atoms with Crippen molar-refractivity contribution in [2.75, 3.05) is 43.5 Å². The molecule has 2 aliphatic heterocycles. The number of imidazole rings is 2.